The number of hydrogen-bond donors (Lipinski definition) is 1. The molecule has 1 aliphatic carbocycles. The Bertz CT molecular complexity index is 521. The van der Waals surface area contributed by atoms with E-state index >= 15 is 0 Å². The predicted molar refractivity (Wildman–Crippen MR) is 75.7 cm³/mol. The van der Waals surface area contributed by atoms with E-state index in [0.717, 1.165) is 16.9 Å². The fourth-order valence-corrected chi connectivity index (χ4v) is 3.11. The Labute approximate surface area is 117 Å². The van der Waals surface area contributed by atoms with Gasteiger partial charge in [0.15, 0.2) is 0 Å². The van der Waals surface area contributed by atoms with Gasteiger partial charge in [-0.2, -0.15) is 0 Å². The topological polar surface area (TPSA) is 55.4 Å². The highest BCUT2D eigenvalue weighted by atomic mass is 32.1. The Hall–Kier alpha value is -1.36. The normalized spacial score (nSPS) is 21.1. The quantitative estimate of drug-likeness (QED) is 0.863. The van der Waals surface area contributed by atoms with Gasteiger partial charge in [-0.05, 0) is 38.7 Å². The van der Waals surface area contributed by atoms with Gasteiger partial charge in [0.25, 0.3) is 0 Å². The average molecular weight is 281 g/mol. The maximum Gasteiger partial charge on any atom is 0.341 e. The van der Waals surface area contributed by atoms with Crippen molar-refractivity contribution in [2.24, 2.45) is 11.8 Å². The molecule has 0 aromatic carbocycles. The molecule has 1 aromatic rings. The molecule has 1 fully saturated rings. The molecular weight excluding hydrogens is 262 g/mol. The van der Waals surface area contributed by atoms with Gasteiger partial charge in [0, 0.05) is 10.8 Å². The molecule has 4 nitrogen and oxygen atoms in total. The van der Waals surface area contributed by atoms with Crippen LogP contribution in [-0.2, 0) is 9.53 Å². The van der Waals surface area contributed by atoms with E-state index in [-0.39, 0.29) is 17.8 Å². The summed E-state index contributed by atoms with van der Waals surface area (Å²) in [6.07, 6.45) is 0.934. The monoisotopic (exact) mass is 281 g/mol. The predicted octanol–water partition coefficient (Wildman–Crippen LogP) is 3.14. The van der Waals surface area contributed by atoms with Crippen LogP contribution in [0.2, 0.25) is 0 Å². The number of esters is 1. The van der Waals surface area contributed by atoms with Crippen molar-refractivity contribution in [2.45, 2.75) is 34.1 Å². The molecule has 0 saturated heterocycles. The van der Waals surface area contributed by atoms with Crippen molar-refractivity contribution in [2.75, 3.05) is 11.9 Å². The minimum atomic E-state index is -0.358. The number of rotatable bonds is 4. The fourth-order valence-electron chi connectivity index (χ4n) is 2.06. The minimum Gasteiger partial charge on any atom is -0.462 e. The van der Waals surface area contributed by atoms with Gasteiger partial charge in [-0.3, -0.25) is 4.79 Å². The summed E-state index contributed by atoms with van der Waals surface area (Å²) >= 11 is 1.44. The first-order chi connectivity index (χ1) is 8.95. The Kier molecular flexibility index (Phi) is 3.94. The summed E-state index contributed by atoms with van der Waals surface area (Å²) in [6.45, 7) is 7.99. The number of thiophene rings is 1. The summed E-state index contributed by atoms with van der Waals surface area (Å²) < 4.78 is 5.06. The molecule has 1 amide bonds. The SMILES string of the molecule is CCOC(=O)c1c(NC(=O)[C@H]2C[C@H]2C)sc(C)c1C. The number of anilines is 1. The molecule has 104 valence electrons. The van der Waals surface area contributed by atoms with Crippen molar-refractivity contribution < 1.29 is 14.3 Å². The van der Waals surface area contributed by atoms with Gasteiger partial charge in [0.05, 0.1) is 12.2 Å². The lowest BCUT2D eigenvalue weighted by Gasteiger charge is -2.06. The summed E-state index contributed by atoms with van der Waals surface area (Å²) in [5.41, 5.74) is 1.40. The van der Waals surface area contributed by atoms with Gasteiger partial charge in [0.1, 0.15) is 5.00 Å². The highest BCUT2D eigenvalue weighted by molar-refractivity contribution is 7.16. The Morgan fingerprint density at radius 3 is 2.58 bits per heavy atom. The van der Waals surface area contributed by atoms with Crippen LogP contribution in [0.1, 0.15) is 41.1 Å². The van der Waals surface area contributed by atoms with Crippen molar-refractivity contribution in [3.63, 3.8) is 0 Å². The van der Waals surface area contributed by atoms with Crippen molar-refractivity contribution in [3.8, 4) is 0 Å². The molecule has 2 rings (SSSR count). The van der Waals surface area contributed by atoms with Gasteiger partial charge in [-0.25, -0.2) is 4.79 Å². The first-order valence-electron chi connectivity index (χ1n) is 6.53. The molecule has 1 aliphatic rings. The lowest BCUT2D eigenvalue weighted by atomic mass is 10.1. The molecule has 0 radical (unpaired) electrons. The van der Waals surface area contributed by atoms with Gasteiger partial charge >= 0.3 is 5.97 Å². The van der Waals surface area contributed by atoms with E-state index < -0.39 is 0 Å². The van der Waals surface area contributed by atoms with E-state index in [1.54, 1.807) is 6.92 Å². The number of carbonyl (C=O) groups is 2. The Morgan fingerprint density at radius 2 is 2.05 bits per heavy atom. The number of carbonyl (C=O) groups excluding carboxylic acids is 2. The van der Waals surface area contributed by atoms with Crippen LogP contribution >= 0.6 is 11.3 Å². The van der Waals surface area contributed by atoms with Crippen LogP contribution in [0.5, 0.6) is 0 Å². The third-order valence-electron chi connectivity index (χ3n) is 3.55. The van der Waals surface area contributed by atoms with Crippen LogP contribution < -0.4 is 5.32 Å². The van der Waals surface area contributed by atoms with Crippen LogP contribution in [0.15, 0.2) is 0 Å². The lowest BCUT2D eigenvalue weighted by molar-refractivity contribution is -0.117. The molecule has 1 aromatic heterocycles. The minimum absolute atomic E-state index is 0.0132. The Balaban J connectivity index is 2.22. The molecule has 19 heavy (non-hydrogen) atoms. The van der Waals surface area contributed by atoms with Gasteiger partial charge < -0.3 is 10.1 Å². The second-order valence-electron chi connectivity index (χ2n) is 5.02. The zero-order valence-corrected chi connectivity index (χ0v) is 12.5. The van der Waals surface area contributed by atoms with E-state index in [4.69, 9.17) is 4.74 Å². The smallest absolute Gasteiger partial charge is 0.341 e. The standard InChI is InChI=1S/C14H19NO3S/c1-5-18-14(17)11-8(3)9(4)19-13(11)15-12(16)10-6-7(10)2/h7,10H,5-6H2,1-4H3,(H,15,16)/t7-,10+/m1/s1. The molecule has 0 aliphatic heterocycles. The van der Waals surface area contributed by atoms with Crippen LogP contribution in [0.4, 0.5) is 5.00 Å². The highest BCUT2D eigenvalue weighted by Gasteiger charge is 2.39. The molecule has 5 heteroatoms. The maximum absolute atomic E-state index is 12.0. The Morgan fingerprint density at radius 1 is 1.42 bits per heavy atom. The van der Waals surface area contributed by atoms with Crippen molar-refractivity contribution in [1.29, 1.82) is 0 Å². The molecule has 0 bridgehead atoms. The molecule has 1 heterocycles. The van der Waals surface area contributed by atoms with E-state index in [1.807, 2.05) is 13.8 Å². The molecule has 0 unspecified atom stereocenters. The zero-order valence-electron chi connectivity index (χ0n) is 11.7. The second-order valence-corrected chi connectivity index (χ2v) is 6.24. The lowest BCUT2D eigenvalue weighted by Crippen LogP contribution is -2.16. The summed E-state index contributed by atoms with van der Waals surface area (Å²) in [5.74, 6) is 0.203. The summed E-state index contributed by atoms with van der Waals surface area (Å²) in [6, 6.07) is 0. The van der Waals surface area contributed by atoms with E-state index in [2.05, 4.69) is 12.2 Å². The van der Waals surface area contributed by atoms with Gasteiger partial charge in [-0.15, -0.1) is 11.3 Å². The first kappa shape index (κ1) is 14.1. The van der Waals surface area contributed by atoms with Gasteiger partial charge in [-0.1, -0.05) is 6.92 Å². The van der Waals surface area contributed by atoms with Crippen molar-refractivity contribution in [3.05, 3.63) is 16.0 Å². The fraction of sp³-hybridized carbons (Fsp3) is 0.571. The number of aryl methyl sites for hydroxylation is 1. The van der Waals surface area contributed by atoms with E-state index in [9.17, 15) is 9.59 Å². The molecule has 2 atom stereocenters. The van der Waals surface area contributed by atoms with Crippen LogP contribution in [0.25, 0.3) is 0 Å². The largest absolute Gasteiger partial charge is 0.462 e. The second kappa shape index (κ2) is 5.33. The summed E-state index contributed by atoms with van der Waals surface area (Å²) in [4.78, 5) is 25.0. The van der Waals surface area contributed by atoms with E-state index in [1.165, 1.54) is 11.3 Å². The zero-order chi connectivity index (χ0) is 14.2. The maximum atomic E-state index is 12.0. The summed E-state index contributed by atoms with van der Waals surface area (Å²) in [5, 5.41) is 3.51. The first-order valence-corrected chi connectivity index (χ1v) is 7.35. The molecule has 1 N–H and O–H groups in total. The van der Waals surface area contributed by atoms with Crippen molar-refractivity contribution in [1.82, 2.24) is 0 Å². The van der Waals surface area contributed by atoms with Crippen LogP contribution in [0.3, 0.4) is 0 Å². The van der Waals surface area contributed by atoms with Crippen LogP contribution in [-0.4, -0.2) is 18.5 Å². The number of amides is 1. The highest BCUT2D eigenvalue weighted by Crippen LogP contribution is 2.40. The number of ether oxygens (including phenoxy) is 1. The van der Waals surface area contributed by atoms with Gasteiger partial charge in [0.2, 0.25) is 5.91 Å². The average Bonchev–Trinajstić information content (AvgIpc) is 2.99. The number of hydrogen-bond acceptors (Lipinski definition) is 4. The van der Waals surface area contributed by atoms with Crippen LogP contribution in [0, 0.1) is 25.7 Å². The summed E-state index contributed by atoms with van der Waals surface area (Å²) in [7, 11) is 0. The van der Waals surface area contributed by atoms with Crippen molar-refractivity contribution >= 4 is 28.2 Å². The molecular formula is C14H19NO3S. The molecule has 0 spiro atoms. The molecule has 1 saturated carbocycles. The third kappa shape index (κ3) is 2.81. The number of nitrogens with one attached hydrogen (secondary N) is 1. The van der Waals surface area contributed by atoms with E-state index in [0.29, 0.717) is 23.1 Å². The third-order valence-corrected chi connectivity index (χ3v) is 4.67.